The van der Waals surface area contributed by atoms with E-state index >= 15 is 0 Å². The number of benzene rings is 2. The van der Waals surface area contributed by atoms with Crippen molar-refractivity contribution in [3.05, 3.63) is 57.6 Å². The number of methoxy groups -OCH3 is 3. The molecule has 0 saturated carbocycles. The smallest absolute Gasteiger partial charge is 0.337 e. The van der Waals surface area contributed by atoms with Crippen LogP contribution in [-0.4, -0.2) is 44.7 Å². The molecule has 0 radical (unpaired) electrons. The summed E-state index contributed by atoms with van der Waals surface area (Å²) in [7, 11) is 4.01. The molecule has 0 heterocycles. The summed E-state index contributed by atoms with van der Waals surface area (Å²) in [6, 6.07) is 8.82. The third-order valence-corrected chi connectivity index (χ3v) is 3.87. The maximum Gasteiger partial charge on any atom is 0.337 e. The number of rotatable bonds is 9. The highest BCUT2D eigenvalue weighted by atomic mass is 16.6. The monoisotopic (exact) mass is 404 g/mol. The molecule has 0 aliphatic rings. The van der Waals surface area contributed by atoms with Crippen LogP contribution in [-0.2, 0) is 16.1 Å². The molecule has 2 rings (SSSR count). The molecule has 0 fully saturated rings. The molecule has 1 N–H and O–H groups in total. The van der Waals surface area contributed by atoms with E-state index in [2.05, 4.69) is 10.1 Å². The minimum Gasteiger partial charge on any atom is -0.493 e. The normalized spacial score (nSPS) is 10.0. The van der Waals surface area contributed by atoms with Crippen molar-refractivity contribution >= 4 is 17.6 Å². The maximum atomic E-state index is 12.0. The first-order chi connectivity index (χ1) is 13.9. The number of amides is 1. The fraction of sp³-hybridized carbons (Fsp3) is 0.263. The van der Waals surface area contributed by atoms with Gasteiger partial charge in [-0.1, -0.05) is 6.07 Å². The minimum absolute atomic E-state index is 0.0748. The molecule has 0 aliphatic carbocycles. The third kappa shape index (κ3) is 5.58. The molecule has 1 amide bonds. The zero-order valence-electron chi connectivity index (χ0n) is 16.1. The topological polar surface area (TPSA) is 126 Å². The van der Waals surface area contributed by atoms with Crippen LogP contribution in [0.1, 0.15) is 15.9 Å². The van der Waals surface area contributed by atoms with Gasteiger partial charge in [-0.15, -0.1) is 0 Å². The van der Waals surface area contributed by atoms with Crippen molar-refractivity contribution in [1.29, 1.82) is 0 Å². The Morgan fingerprint density at radius 2 is 1.69 bits per heavy atom. The van der Waals surface area contributed by atoms with E-state index in [1.165, 1.54) is 51.7 Å². The SMILES string of the molecule is COC(=O)c1ccc(OCC(=O)NCc2ccc(OC)c([N+](=O)[O-])c2)c(OC)c1. The first-order valence-corrected chi connectivity index (χ1v) is 8.36. The summed E-state index contributed by atoms with van der Waals surface area (Å²) in [5.74, 6) is -0.290. The van der Waals surface area contributed by atoms with Gasteiger partial charge in [0, 0.05) is 12.6 Å². The van der Waals surface area contributed by atoms with Gasteiger partial charge in [0.2, 0.25) is 0 Å². The van der Waals surface area contributed by atoms with Gasteiger partial charge >= 0.3 is 11.7 Å². The van der Waals surface area contributed by atoms with Gasteiger partial charge in [-0.3, -0.25) is 14.9 Å². The van der Waals surface area contributed by atoms with Crippen LogP contribution in [0.15, 0.2) is 36.4 Å². The van der Waals surface area contributed by atoms with Crippen molar-refractivity contribution < 1.29 is 33.5 Å². The number of carbonyl (C=O) groups excluding carboxylic acids is 2. The maximum absolute atomic E-state index is 12.0. The second-order valence-corrected chi connectivity index (χ2v) is 5.69. The predicted molar refractivity (Wildman–Crippen MR) is 101 cm³/mol. The number of nitrogens with zero attached hydrogens (tertiary/aromatic N) is 1. The van der Waals surface area contributed by atoms with E-state index in [0.717, 1.165) is 0 Å². The second-order valence-electron chi connectivity index (χ2n) is 5.69. The van der Waals surface area contributed by atoms with Gasteiger partial charge in [-0.2, -0.15) is 0 Å². The van der Waals surface area contributed by atoms with Crippen LogP contribution in [0.4, 0.5) is 5.69 Å². The van der Waals surface area contributed by atoms with E-state index in [0.29, 0.717) is 5.56 Å². The van der Waals surface area contributed by atoms with Crippen LogP contribution in [0.2, 0.25) is 0 Å². The molecular formula is C19H20N2O8. The van der Waals surface area contributed by atoms with Crippen LogP contribution < -0.4 is 19.5 Å². The van der Waals surface area contributed by atoms with E-state index in [-0.39, 0.29) is 41.7 Å². The number of ether oxygens (including phenoxy) is 4. The lowest BCUT2D eigenvalue weighted by Crippen LogP contribution is -2.28. The van der Waals surface area contributed by atoms with Crippen LogP contribution in [0.25, 0.3) is 0 Å². The molecule has 0 bridgehead atoms. The summed E-state index contributed by atoms with van der Waals surface area (Å²) in [5.41, 5.74) is 0.624. The van der Waals surface area contributed by atoms with E-state index < -0.39 is 16.8 Å². The number of carbonyl (C=O) groups is 2. The Bertz CT molecular complexity index is 913. The Morgan fingerprint density at radius 1 is 1.00 bits per heavy atom. The summed E-state index contributed by atoms with van der Waals surface area (Å²) < 4.78 is 20.2. The number of esters is 1. The highest BCUT2D eigenvalue weighted by Crippen LogP contribution is 2.29. The average Bonchev–Trinajstić information content (AvgIpc) is 2.75. The molecule has 2 aromatic carbocycles. The van der Waals surface area contributed by atoms with Crippen molar-refractivity contribution in [3.8, 4) is 17.2 Å². The van der Waals surface area contributed by atoms with Crippen molar-refractivity contribution in [2.45, 2.75) is 6.54 Å². The Kier molecular flexibility index (Phi) is 7.35. The molecule has 0 spiro atoms. The van der Waals surface area contributed by atoms with E-state index in [4.69, 9.17) is 14.2 Å². The number of nitro groups is 1. The number of nitrogens with one attached hydrogen (secondary N) is 1. The third-order valence-electron chi connectivity index (χ3n) is 3.87. The largest absolute Gasteiger partial charge is 0.493 e. The average molecular weight is 404 g/mol. The van der Waals surface area contributed by atoms with Gasteiger partial charge in [-0.05, 0) is 29.8 Å². The Balaban J connectivity index is 1.96. The molecule has 0 aliphatic heterocycles. The second kappa shape index (κ2) is 9.93. The molecule has 10 heteroatoms. The Hall–Kier alpha value is -3.82. The van der Waals surface area contributed by atoms with Crippen LogP contribution >= 0.6 is 0 Å². The van der Waals surface area contributed by atoms with Crippen molar-refractivity contribution in [3.63, 3.8) is 0 Å². The van der Waals surface area contributed by atoms with Crippen molar-refractivity contribution in [1.82, 2.24) is 5.32 Å². The van der Waals surface area contributed by atoms with Crippen LogP contribution in [0, 0.1) is 10.1 Å². The molecule has 10 nitrogen and oxygen atoms in total. The minimum atomic E-state index is -0.558. The summed E-state index contributed by atoms with van der Waals surface area (Å²) in [6.07, 6.45) is 0. The van der Waals surface area contributed by atoms with E-state index in [9.17, 15) is 19.7 Å². The zero-order valence-corrected chi connectivity index (χ0v) is 16.1. The number of nitro benzene ring substituents is 1. The van der Waals surface area contributed by atoms with Gasteiger partial charge in [0.05, 0.1) is 31.8 Å². The highest BCUT2D eigenvalue weighted by Gasteiger charge is 2.16. The van der Waals surface area contributed by atoms with Crippen LogP contribution in [0.5, 0.6) is 17.2 Å². The van der Waals surface area contributed by atoms with Crippen molar-refractivity contribution in [2.24, 2.45) is 0 Å². The lowest BCUT2D eigenvalue weighted by molar-refractivity contribution is -0.385. The fourth-order valence-corrected chi connectivity index (χ4v) is 2.41. The van der Waals surface area contributed by atoms with Crippen LogP contribution in [0.3, 0.4) is 0 Å². The first-order valence-electron chi connectivity index (χ1n) is 8.36. The molecule has 0 unspecified atom stereocenters. The summed E-state index contributed by atoms with van der Waals surface area (Å²) in [4.78, 5) is 34.1. The molecule has 2 aromatic rings. The summed E-state index contributed by atoms with van der Waals surface area (Å²) in [6.45, 7) is -0.238. The van der Waals surface area contributed by atoms with Crippen molar-refractivity contribution in [2.75, 3.05) is 27.9 Å². The lowest BCUT2D eigenvalue weighted by Gasteiger charge is -2.12. The van der Waals surface area contributed by atoms with Gasteiger partial charge in [0.15, 0.2) is 23.9 Å². The number of hydrogen-bond donors (Lipinski definition) is 1. The molecule has 0 atom stereocenters. The lowest BCUT2D eigenvalue weighted by atomic mass is 10.2. The van der Waals surface area contributed by atoms with E-state index in [1.54, 1.807) is 6.07 Å². The fourth-order valence-electron chi connectivity index (χ4n) is 2.41. The summed E-state index contributed by atoms with van der Waals surface area (Å²) in [5, 5.41) is 13.7. The molecule has 0 saturated heterocycles. The van der Waals surface area contributed by atoms with Gasteiger partial charge in [0.25, 0.3) is 5.91 Å². The predicted octanol–water partition coefficient (Wildman–Crippen LogP) is 2.09. The zero-order chi connectivity index (χ0) is 21.4. The Labute approximate surface area is 166 Å². The van der Waals surface area contributed by atoms with Gasteiger partial charge < -0.3 is 24.3 Å². The number of hydrogen-bond acceptors (Lipinski definition) is 8. The molecule has 154 valence electrons. The molecule has 29 heavy (non-hydrogen) atoms. The molecule has 0 aromatic heterocycles. The molecular weight excluding hydrogens is 384 g/mol. The first kappa shape index (κ1) is 21.5. The van der Waals surface area contributed by atoms with Gasteiger partial charge in [-0.25, -0.2) is 4.79 Å². The highest BCUT2D eigenvalue weighted by molar-refractivity contribution is 5.90. The Morgan fingerprint density at radius 3 is 2.31 bits per heavy atom. The standard InChI is InChI=1S/C19H20N2O8/c1-26-15-6-4-12(8-14(15)21(24)25)10-20-18(22)11-29-16-7-5-13(19(23)28-3)9-17(16)27-2/h4-9H,10-11H2,1-3H3,(H,20,22). The van der Waals surface area contributed by atoms with E-state index in [1.807, 2.05) is 0 Å². The quantitative estimate of drug-likeness (QED) is 0.382. The summed E-state index contributed by atoms with van der Waals surface area (Å²) >= 11 is 0. The van der Waals surface area contributed by atoms with Gasteiger partial charge in [0.1, 0.15) is 0 Å².